The van der Waals surface area contributed by atoms with Gasteiger partial charge in [0.15, 0.2) is 0 Å². The van der Waals surface area contributed by atoms with Crippen LogP contribution < -0.4 is 0 Å². The van der Waals surface area contributed by atoms with E-state index in [0.717, 1.165) is 10.9 Å². The predicted octanol–water partition coefficient (Wildman–Crippen LogP) is 3.91. The summed E-state index contributed by atoms with van der Waals surface area (Å²) in [6, 6.07) is 15.9. The highest BCUT2D eigenvalue weighted by Gasteiger charge is 2.11. The Balaban J connectivity index is 2.36. The molecule has 0 saturated carbocycles. The lowest BCUT2D eigenvalue weighted by Crippen LogP contribution is -1.91. The number of fused-ring (bicyclic) bond motifs is 1. The molecule has 1 heterocycles. The fraction of sp³-hybridized carbons (Fsp3) is 0. The zero-order chi connectivity index (χ0) is 13.2. The van der Waals surface area contributed by atoms with E-state index < -0.39 is 0 Å². The summed E-state index contributed by atoms with van der Waals surface area (Å²) in [4.78, 5) is 4.33. The van der Waals surface area contributed by atoms with Crippen LogP contribution in [0.4, 0.5) is 4.39 Å². The van der Waals surface area contributed by atoms with Crippen LogP contribution in [-0.4, -0.2) is 4.98 Å². The normalized spacial score (nSPS) is 10.3. The smallest absolute Gasteiger partial charge is 0.123 e. The third kappa shape index (κ3) is 1.94. The monoisotopic (exact) mass is 248 g/mol. The van der Waals surface area contributed by atoms with Crippen molar-refractivity contribution >= 4 is 10.8 Å². The molecule has 0 aliphatic heterocycles. The first kappa shape index (κ1) is 11.4. The van der Waals surface area contributed by atoms with Crippen LogP contribution in [0.15, 0.2) is 54.7 Å². The van der Waals surface area contributed by atoms with Gasteiger partial charge in [0.1, 0.15) is 11.9 Å². The maximum atomic E-state index is 13.4. The first-order valence-electron chi connectivity index (χ1n) is 5.83. The average molecular weight is 248 g/mol. The van der Waals surface area contributed by atoms with Gasteiger partial charge in [-0.25, -0.2) is 4.39 Å². The van der Waals surface area contributed by atoms with Crippen LogP contribution in [0.5, 0.6) is 0 Å². The lowest BCUT2D eigenvalue weighted by atomic mass is 10.0. The molecule has 3 heteroatoms. The molecule has 0 atom stereocenters. The molecule has 19 heavy (non-hydrogen) atoms. The predicted molar refractivity (Wildman–Crippen MR) is 71.9 cm³/mol. The molecular weight excluding hydrogens is 239 g/mol. The molecular formula is C16H9FN2. The van der Waals surface area contributed by atoms with Crippen molar-refractivity contribution in [1.29, 1.82) is 5.26 Å². The van der Waals surface area contributed by atoms with E-state index in [0.29, 0.717) is 16.6 Å². The maximum absolute atomic E-state index is 13.4. The van der Waals surface area contributed by atoms with Crippen molar-refractivity contribution in [2.75, 3.05) is 0 Å². The number of aromatic nitrogens is 1. The summed E-state index contributed by atoms with van der Waals surface area (Å²) in [6.07, 6.45) is 1.66. The third-order valence-electron chi connectivity index (χ3n) is 3.01. The average Bonchev–Trinajstić information content (AvgIpc) is 2.46. The number of nitriles is 1. The fourth-order valence-electron chi connectivity index (χ4n) is 2.11. The summed E-state index contributed by atoms with van der Waals surface area (Å²) in [6.45, 7) is 0. The van der Waals surface area contributed by atoms with Crippen molar-refractivity contribution in [2.45, 2.75) is 0 Å². The molecule has 0 saturated heterocycles. The molecule has 0 bridgehead atoms. The molecule has 0 radical (unpaired) electrons. The number of hydrogen-bond acceptors (Lipinski definition) is 2. The minimum absolute atomic E-state index is 0.353. The van der Waals surface area contributed by atoms with E-state index in [1.165, 1.54) is 12.1 Å². The molecule has 0 spiro atoms. The van der Waals surface area contributed by atoms with Gasteiger partial charge in [-0.05, 0) is 18.2 Å². The van der Waals surface area contributed by atoms with Crippen LogP contribution in [0.2, 0.25) is 0 Å². The minimum atomic E-state index is -0.353. The van der Waals surface area contributed by atoms with Crippen molar-refractivity contribution in [3.05, 3.63) is 66.1 Å². The van der Waals surface area contributed by atoms with Gasteiger partial charge in [-0.3, -0.25) is 4.98 Å². The highest BCUT2D eigenvalue weighted by Crippen LogP contribution is 2.27. The summed E-state index contributed by atoms with van der Waals surface area (Å²) >= 11 is 0. The van der Waals surface area contributed by atoms with Crippen LogP contribution in [0.3, 0.4) is 0 Å². The van der Waals surface area contributed by atoms with Crippen molar-refractivity contribution in [3.8, 4) is 17.3 Å². The van der Waals surface area contributed by atoms with E-state index in [4.69, 9.17) is 0 Å². The third-order valence-corrected chi connectivity index (χ3v) is 3.01. The summed E-state index contributed by atoms with van der Waals surface area (Å²) in [5, 5.41) is 10.7. The molecule has 0 aliphatic carbocycles. The van der Waals surface area contributed by atoms with Gasteiger partial charge in [-0.1, -0.05) is 30.3 Å². The van der Waals surface area contributed by atoms with Crippen molar-refractivity contribution in [2.24, 2.45) is 0 Å². The Kier molecular flexibility index (Phi) is 2.70. The summed E-state index contributed by atoms with van der Waals surface area (Å²) in [7, 11) is 0. The Morgan fingerprint density at radius 2 is 1.84 bits per heavy atom. The number of benzene rings is 2. The van der Waals surface area contributed by atoms with Gasteiger partial charge in [0.05, 0.1) is 11.3 Å². The largest absolute Gasteiger partial charge is 0.254 e. The highest BCUT2D eigenvalue weighted by atomic mass is 19.1. The van der Waals surface area contributed by atoms with Crippen LogP contribution in [0.1, 0.15) is 5.56 Å². The Bertz CT molecular complexity index is 789. The van der Waals surface area contributed by atoms with E-state index in [-0.39, 0.29) is 5.82 Å². The molecule has 90 valence electrons. The Labute approximate surface area is 109 Å². The van der Waals surface area contributed by atoms with Gasteiger partial charge < -0.3 is 0 Å². The molecule has 2 nitrogen and oxygen atoms in total. The maximum Gasteiger partial charge on any atom is 0.123 e. The standard InChI is InChI=1S/C16H9FN2/c17-13-7-6-12-10-19-16(11-4-2-1-3-5-11)15(9-18)14(12)8-13/h1-8,10H. The van der Waals surface area contributed by atoms with Gasteiger partial charge in [0, 0.05) is 22.5 Å². The van der Waals surface area contributed by atoms with E-state index in [1.54, 1.807) is 12.3 Å². The second-order valence-electron chi connectivity index (χ2n) is 4.19. The molecule has 3 aromatic rings. The zero-order valence-electron chi connectivity index (χ0n) is 9.97. The second kappa shape index (κ2) is 4.51. The quantitative estimate of drug-likeness (QED) is 0.654. The molecule has 3 rings (SSSR count). The van der Waals surface area contributed by atoms with Crippen molar-refractivity contribution < 1.29 is 4.39 Å². The topological polar surface area (TPSA) is 36.7 Å². The molecule has 0 aliphatic rings. The Morgan fingerprint density at radius 1 is 1.05 bits per heavy atom. The molecule has 1 aromatic heterocycles. The molecule has 2 aromatic carbocycles. The van der Waals surface area contributed by atoms with Crippen LogP contribution in [0.25, 0.3) is 22.0 Å². The Morgan fingerprint density at radius 3 is 2.58 bits per heavy atom. The van der Waals surface area contributed by atoms with Crippen molar-refractivity contribution in [3.63, 3.8) is 0 Å². The summed E-state index contributed by atoms with van der Waals surface area (Å²) in [5.41, 5.74) is 1.84. The molecule has 0 N–H and O–H groups in total. The molecule has 0 fully saturated rings. The van der Waals surface area contributed by atoms with Gasteiger partial charge in [0.25, 0.3) is 0 Å². The molecule has 0 unspecified atom stereocenters. The lowest BCUT2D eigenvalue weighted by Gasteiger charge is -2.06. The first-order valence-corrected chi connectivity index (χ1v) is 5.83. The molecule has 0 amide bonds. The van der Waals surface area contributed by atoms with E-state index in [1.807, 2.05) is 30.3 Å². The second-order valence-corrected chi connectivity index (χ2v) is 4.19. The highest BCUT2D eigenvalue weighted by molar-refractivity contribution is 5.92. The van der Waals surface area contributed by atoms with Crippen molar-refractivity contribution in [1.82, 2.24) is 4.98 Å². The number of halogens is 1. The number of rotatable bonds is 1. The van der Waals surface area contributed by atoms with Crippen LogP contribution in [0, 0.1) is 17.1 Å². The van der Waals surface area contributed by atoms with E-state index in [2.05, 4.69) is 11.1 Å². The summed E-state index contributed by atoms with van der Waals surface area (Å²) in [5.74, 6) is -0.353. The number of hydrogen-bond donors (Lipinski definition) is 0. The van der Waals surface area contributed by atoms with Gasteiger partial charge >= 0.3 is 0 Å². The number of nitrogens with zero attached hydrogens (tertiary/aromatic N) is 2. The van der Waals surface area contributed by atoms with Crippen LogP contribution >= 0.6 is 0 Å². The van der Waals surface area contributed by atoms with Gasteiger partial charge in [0.2, 0.25) is 0 Å². The first-order chi connectivity index (χ1) is 9.29. The fourth-order valence-corrected chi connectivity index (χ4v) is 2.11. The van der Waals surface area contributed by atoms with E-state index in [9.17, 15) is 9.65 Å². The summed E-state index contributed by atoms with van der Waals surface area (Å²) < 4.78 is 13.4. The minimum Gasteiger partial charge on any atom is -0.254 e. The van der Waals surface area contributed by atoms with Gasteiger partial charge in [-0.15, -0.1) is 0 Å². The van der Waals surface area contributed by atoms with Crippen LogP contribution in [-0.2, 0) is 0 Å². The Hall–Kier alpha value is -2.73. The lowest BCUT2D eigenvalue weighted by molar-refractivity contribution is 0.629. The SMILES string of the molecule is N#Cc1c(-c2ccccc2)ncc2ccc(F)cc12. The van der Waals surface area contributed by atoms with E-state index >= 15 is 0 Å². The van der Waals surface area contributed by atoms with Gasteiger partial charge in [-0.2, -0.15) is 5.26 Å². The zero-order valence-corrected chi connectivity index (χ0v) is 9.97. The number of pyridine rings is 1.